The quantitative estimate of drug-likeness (QED) is 0.914. The number of phenols is 1. The molecule has 2 fully saturated rings. The lowest BCUT2D eigenvalue weighted by Crippen LogP contribution is -2.40. The van der Waals surface area contributed by atoms with Crippen LogP contribution in [0.25, 0.3) is 0 Å². The lowest BCUT2D eigenvalue weighted by atomic mass is 9.98. The molecule has 2 unspecified atom stereocenters. The number of phenolic OH excluding ortho intramolecular Hbond substituents is 1. The number of morpholine rings is 1. The van der Waals surface area contributed by atoms with Gasteiger partial charge < -0.3 is 14.7 Å². The minimum absolute atomic E-state index is 0.339. The molecular weight excluding hydrogens is 328 g/mol. The number of nitrogens with zero attached hydrogens (tertiary/aromatic N) is 4. The zero-order valence-electron chi connectivity index (χ0n) is 14.8. The van der Waals surface area contributed by atoms with Crippen molar-refractivity contribution in [2.24, 2.45) is 0 Å². The highest BCUT2D eigenvalue weighted by molar-refractivity contribution is 5.38. The smallest absolute Gasteiger partial charge is 0.225 e. The zero-order chi connectivity index (χ0) is 17.5. The van der Waals surface area contributed by atoms with Crippen molar-refractivity contribution in [3.63, 3.8) is 0 Å². The van der Waals surface area contributed by atoms with E-state index in [0.717, 1.165) is 57.2 Å². The molecule has 3 aliphatic rings. The highest BCUT2D eigenvalue weighted by atomic mass is 16.5. The number of aromatic hydroxyl groups is 1. The first kappa shape index (κ1) is 16.0. The molecule has 0 spiro atoms. The summed E-state index contributed by atoms with van der Waals surface area (Å²) in [6, 6.07) is 8.53. The van der Waals surface area contributed by atoms with E-state index in [9.17, 15) is 5.11 Å². The molecule has 1 aromatic heterocycles. The molecule has 6 heteroatoms. The van der Waals surface area contributed by atoms with Gasteiger partial charge in [0.25, 0.3) is 0 Å². The topological polar surface area (TPSA) is 61.7 Å². The normalized spacial score (nSPS) is 25.3. The van der Waals surface area contributed by atoms with E-state index in [0.29, 0.717) is 17.8 Å². The first-order chi connectivity index (χ1) is 12.8. The third kappa shape index (κ3) is 2.83. The molecule has 0 amide bonds. The molecule has 2 bridgehead atoms. The highest BCUT2D eigenvalue weighted by Gasteiger charge is 2.40. The molecule has 2 aromatic rings. The largest absolute Gasteiger partial charge is 0.508 e. The molecule has 26 heavy (non-hydrogen) atoms. The van der Waals surface area contributed by atoms with Crippen molar-refractivity contribution in [1.29, 1.82) is 0 Å². The Bertz CT molecular complexity index is 806. The number of anilines is 1. The van der Waals surface area contributed by atoms with E-state index < -0.39 is 0 Å². The zero-order valence-corrected chi connectivity index (χ0v) is 14.8. The van der Waals surface area contributed by atoms with Gasteiger partial charge in [-0.25, -0.2) is 9.97 Å². The summed E-state index contributed by atoms with van der Waals surface area (Å²) >= 11 is 0. The molecule has 3 aliphatic heterocycles. The Balaban J connectivity index is 1.40. The van der Waals surface area contributed by atoms with Gasteiger partial charge in [-0.05, 0) is 30.5 Å². The fourth-order valence-electron chi connectivity index (χ4n) is 4.59. The molecular formula is C20H24N4O2. The van der Waals surface area contributed by atoms with E-state index in [1.807, 2.05) is 12.1 Å². The summed E-state index contributed by atoms with van der Waals surface area (Å²) in [4.78, 5) is 14.4. The fraction of sp³-hybridized carbons (Fsp3) is 0.500. The molecule has 136 valence electrons. The second kappa shape index (κ2) is 6.52. The highest BCUT2D eigenvalue weighted by Crippen LogP contribution is 2.44. The summed E-state index contributed by atoms with van der Waals surface area (Å²) < 4.78 is 5.44. The van der Waals surface area contributed by atoms with Gasteiger partial charge in [0.2, 0.25) is 5.95 Å². The molecule has 0 saturated carbocycles. The SMILES string of the molecule is Oc1cccc(CN2C3CCC2c2cnc(N4CCOCC4)nc2C3)c1. The van der Waals surface area contributed by atoms with Gasteiger partial charge in [0.15, 0.2) is 0 Å². The van der Waals surface area contributed by atoms with Crippen LogP contribution in [0.4, 0.5) is 5.95 Å². The number of fused-ring (bicyclic) bond motifs is 4. The van der Waals surface area contributed by atoms with E-state index in [1.54, 1.807) is 6.07 Å². The lowest BCUT2D eigenvalue weighted by Gasteiger charge is -2.36. The Morgan fingerprint density at radius 2 is 2.08 bits per heavy atom. The van der Waals surface area contributed by atoms with Crippen LogP contribution in [0.2, 0.25) is 0 Å². The third-order valence-electron chi connectivity index (χ3n) is 5.89. The second-order valence-corrected chi connectivity index (χ2v) is 7.46. The van der Waals surface area contributed by atoms with Crippen LogP contribution in [0.15, 0.2) is 30.5 Å². The lowest BCUT2D eigenvalue weighted by molar-refractivity contribution is 0.122. The maximum absolute atomic E-state index is 9.75. The Hall–Kier alpha value is -2.18. The predicted octanol–water partition coefficient (Wildman–Crippen LogP) is 2.28. The van der Waals surface area contributed by atoms with Crippen LogP contribution in [0.3, 0.4) is 0 Å². The second-order valence-electron chi connectivity index (χ2n) is 7.46. The number of hydrogen-bond acceptors (Lipinski definition) is 6. The van der Waals surface area contributed by atoms with Gasteiger partial charge in [-0.2, -0.15) is 0 Å². The maximum atomic E-state index is 9.75. The van der Waals surface area contributed by atoms with Gasteiger partial charge in [-0.1, -0.05) is 12.1 Å². The van der Waals surface area contributed by atoms with Crippen molar-refractivity contribution in [3.8, 4) is 5.75 Å². The molecule has 0 radical (unpaired) electrons. The first-order valence-corrected chi connectivity index (χ1v) is 9.50. The summed E-state index contributed by atoms with van der Waals surface area (Å²) in [6.07, 6.45) is 5.41. The van der Waals surface area contributed by atoms with E-state index in [4.69, 9.17) is 9.72 Å². The van der Waals surface area contributed by atoms with Crippen LogP contribution in [0.1, 0.15) is 35.7 Å². The Morgan fingerprint density at radius 3 is 2.92 bits per heavy atom. The van der Waals surface area contributed by atoms with Crippen molar-refractivity contribution in [1.82, 2.24) is 14.9 Å². The average Bonchev–Trinajstić information content (AvgIpc) is 2.94. The maximum Gasteiger partial charge on any atom is 0.225 e. The first-order valence-electron chi connectivity index (χ1n) is 9.50. The minimum Gasteiger partial charge on any atom is -0.508 e. The number of benzene rings is 1. The van der Waals surface area contributed by atoms with E-state index in [2.05, 4.69) is 27.0 Å². The Labute approximate surface area is 153 Å². The van der Waals surface area contributed by atoms with Crippen molar-refractivity contribution in [2.45, 2.75) is 37.9 Å². The molecule has 1 aromatic carbocycles. The number of aromatic nitrogens is 2. The summed E-state index contributed by atoms with van der Waals surface area (Å²) in [5, 5.41) is 9.75. The fourth-order valence-corrected chi connectivity index (χ4v) is 4.59. The monoisotopic (exact) mass is 352 g/mol. The Morgan fingerprint density at radius 1 is 1.19 bits per heavy atom. The van der Waals surface area contributed by atoms with Crippen LogP contribution < -0.4 is 4.90 Å². The molecule has 2 atom stereocenters. The van der Waals surface area contributed by atoms with Crippen molar-refractivity contribution >= 4 is 5.95 Å². The van der Waals surface area contributed by atoms with E-state index >= 15 is 0 Å². The molecule has 2 saturated heterocycles. The van der Waals surface area contributed by atoms with Gasteiger partial charge in [-0.3, -0.25) is 4.90 Å². The van der Waals surface area contributed by atoms with Gasteiger partial charge >= 0.3 is 0 Å². The van der Waals surface area contributed by atoms with Gasteiger partial charge in [0, 0.05) is 49.9 Å². The molecule has 5 rings (SSSR count). The molecule has 1 N–H and O–H groups in total. The summed E-state index contributed by atoms with van der Waals surface area (Å²) in [6.45, 7) is 4.12. The van der Waals surface area contributed by atoms with Gasteiger partial charge in [-0.15, -0.1) is 0 Å². The average molecular weight is 352 g/mol. The molecule has 6 nitrogen and oxygen atoms in total. The van der Waals surface area contributed by atoms with Crippen LogP contribution >= 0.6 is 0 Å². The van der Waals surface area contributed by atoms with Gasteiger partial charge in [0.1, 0.15) is 5.75 Å². The predicted molar refractivity (Wildman–Crippen MR) is 98.2 cm³/mol. The number of ether oxygens (including phenoxy) is 1. The molecule has 4 heterocycles. The number of hydrogen-bond donors (Lipinski definition) is 1. The number of rotatable bonds is 3. The van der Waals surface area contributed by atoms with Crippen LogP contribution in [-0.4, -0.2) is 52.3 Å². The standard InChI is InChI=1S/C20H24N4O2/c25-16-3-1-2-14(10-16)13-24-15-4-5-19(24)17-12-21-20(22-18(17)11-15)23-6-8-26-9-7-23/h1-3,10,12,15,19,25H,4-9,11,13H2. The summed E-state index contributed by atoms with van der Waals surface area (Å²) in [7, 11) is 0. The van der Waals surface area contributed by atoms with Crippen molar-refractivity contribution in [2.75, 3.05) is 31.2 Å². The van der Waals surface area contributed by atoms with Crippen LogP contribution in [0, 0.1) is 0 Å². The van der Waals surface area contributed by atoms with E-state index in [-0.39, 0.29) is 0 Å². The summed E-state index contributed by atoms with van der Waals surface area (Å²) in [5.41, 5.74) is 3.67. The van der Waals surface area contributed by atoms with E-state index in [1.165, 1.54) is 17.7 Å². The Kier molecular flexibility index (Phi) is 4.02. The van der Waals surface area contributed by atoms with Crippen LogP contribution in [-0.2, 0) is 17.7 Å². The summed E-state index contributed by atoms with van der Waals surface area (Å²) in [5.74, 6) is 1.19. The van der Waals surface area contributed by atoms with Crippen molar-refractivity contribution < 1.29 is 9.84 Å². The van der Waals surface area contributed by atoms with Gasteiger partial charge in [0.05, 0.1) is 18.9 Å². The van der Waals surface area contributed by atoms with Crippen molar-refractivity contribution in [3.05, 3.63) is 47.3 Å². The minimum atomic E-state index is 0.339. The molecule has 0 aliphatic carbocycles. The third-order valence-corrected chi connectivity index (χ3v) is 5.89. The van der Waals surface area contributed by atoms with Crippen LogP contribution in [0.5, 0.6) is 5.75 Å².